The second kappa shape index (κ2) is 11.8. The van der Waals surface area contributed by atoms with E-state index < -0.39 is 0 Å². The monoisotopic (exact) mass is 382 g/mol. The first-order valence-corrected chi connectivity index (χ1v) is 9.83. The van der Waals surface area contributed by atoms with E-state index in [1.54, 1.807) is 6.21 Å². The fraction of sp³-hybridized carbons (Fsp3) is 0.391. The van der Waals surface area contributed by atoms with Gasteiger partial charge < -0.3 is 9.47 Å². The number of carbonyl (C=O) groups is 1. The van der Waals surface area contributed by atoms with Gasteiger partial charge in [-0.3, -0.25) is 4.79 Å². The summed E-state index contributed by atoms with van der Waals surface area (Å²) in [6.45, 7) is 6.79. The molecule has 0 unspecified atom stereocenters. The van der Waals surface area contributed by atoms with Crippen molar-refractivity contribution in [2.24, 2.45) is 5.10 Å². The average Bonchev–Trinajstić information content (AvgIpc) is 2.69. The molecule has 0 heterocycles. The number of nitrogens with one attached hydrogen (secondary N) is 1. The highest BCUT2D eigenvalue weighted by Crippen LogP contribution is 2.18. The highest BCUT2D eigenvalue weighted by atomic mass is 16.5. The molecule has 2 aromatic rings. The third-order valence-corrected chi connectivity index (χ3v) is 4.25. The number of hydrogen-bond donors (Lipinski definition) is 1. The molecule has 0 radical (unpaired) electrons. The normalized spacial score (nSPS) is 10.8. The number of hydrogen-bond acceptors (Lipinski definition) is 4. The molecule has 0 saturated carbocycles. The molecule has 0 aliphatic heterocycles. The van der Waals surface area contributed by atoms with Crippen LogP contribution in [-0.2, 0) is 4.79 Å². The van der Waals surface area contributed by atoms with Crippen LogP contribution in [0.25, 0.3) is 0 Å². The second-order valence-corrected chi connectivity index (χ2v) is 6.83. The van der Waals surface area contributed by atoms with Crippen LogP contribution in [0.1, 0.15) is 49.3 Å². The number of nitrogens with zero attached hydrogens (tertiary/aromatic N) is 1. The first-order valence-electron chi connectivity index (χ1n) is 9.83. The molecule has 0 aliphatic rings. The first kappa shape index (κ1) is 21.5. The lowest BCUT2D eigenvalue weighted by Crippen LogP contribution is -2.24. The summed E-state index contributed by atoms with van der Waals surface area (Å²) in [6.07, 6.45) is 6.35. The molecule has 5 heteroatoms. The average molecular weight is 383 g/mol. The second-order valence-electron chi connectivity index (χ2n) is 6.83. The van der Waals surface area contributed by atoms with Gasteiger partial charge in [-0.15, -0.1) is 0 Å². The maximum absolute atomic E-state index is 11.9. The molecule has 2 aromatic carbocycles. The van der Waals surface area contributed by atoms with Gasteiger partial charge in [0, 0.05) is 0 Å². The van der Waals surface area contributed by atoms with Crippen LogP contribution in [0.5, 0.6) is 11.5 Å². The Kier molecular flexibility index (Phi) is 9.05. The van der Waals surface area contributed by atoms with Crippen molar-refractivity contribution in [3.05, 3.63) is 59.2 Å². The summed E-state index contributed by atoms with van der Waals surface area (Å²) in [4.78, 5) is 11.9. The van der Waals surface area contributed by atoms with E-state index in [1.807, 2.05) is 56.3 Å². The van der Waals surface area contributed by atoms with E-state index in [4.69, 9.17) is 9.47 Å². The third-order valence-electron chi connectivity index (χ3n) is 4.25. The third kappa shape index (κ3) is 7.82. The van der Waals surface area contributed by atoms with E-state index in [-0.39, 0.29) is 12.5 Å². The quantitative estimate of drug-likeness (QED) is 0.345. The van der Waals surface area contributed by atoms with Gasteiger partial charge in [0.1, 0.15) is 11.5 Å². The molecule has 150 valence electrons. The van der Waals surface area contributed by atoms with Gasteiger partial charge in [0.15, 0.2) is 6.61 Å². The summed E-state index contributed by atoms with van der Waals surface area (Å²) in [5.41, 5.74) is 5.45. The van der Waals surface area contributed by atoms with Crippen molar-refractivity contribution < 1.29 is 14.3 Å². The van der Waals surface area contributed by atoms with E-state index in [0.717, 1.165) is 35.5 Å². The zero-order chi connectivity index (χ0) is 20.2. The summed E-state index contributed by atoms with van der Waals surface area (Å²) < 4.78 is 11.3. The highest BCUT2D eigenvalue weighted by molar-refractivity contribution is 5.83. The Morgan fingerprint density at radius 1 is 1.04 bits per heavy atom. The topological polar surface area (TPSA) is 59.9 Å². The Morgan fingerprint density at radius 2 is 1.82 bits per heavy atom. The number of rotatable bonds is 11. The molecule has 0 atom stereocenters. The van der Waals surface area contributed by atoms with E-state index >= 15 is 0 Å². The minimum Gasteiger partial charge on any atom is -0.494 e. The first-order chi connectivity index (χ1) is 13.6. The van der Waals surface area contributed by atoms with Gasteiger partial charge in [0.2, 0.25) is 0 Å². The van der Waals surface area contributed by atoms with E-state index in [2.05, 4.69) is 17.5 Å². The van der Waals surface area contributed by atoms with Crippen molar-refractivity contribution in [2.75, 3.05) is 13.2 Å². The Labute approximate surface area is 167 Å². The number of ether oxygens (including phenoxy) is 2. The van der Waals surface area contributed by atoms with Crippen LogP contribution >= 0.6 is 0 Å². The van der Waals surface area contributed by atoms with Gasteiger partial charge in [-0.2, -0.15) is 5.10 Å². The largest absolute Gasteiger partial charge is 0.494 e. The molecule has 0 spiro atoms. The molecule has 1 amide bonds. The van der Waals surface area contributed by atoms with E-state index in [1.165, 1.54) is 19.3 Å². The minimum atomic E-state index is -0.302. The van der Waals surface area contributed by atoms with E-state index in [0.29, 0.717) is 5.75 Å². The molecule has 0 aliphatic carbocycles. The van der Waals surface area contributed by atoms with Crippen molar-refractivity contribution in [1.82, 2.24) is 5.43 Å². The van der Waals surface area contributed by atoms with Crippen LogP contribution in [0.15, 0.2) is 47.6 Å². The zero-order valence-electron chi connectivity index (χ0n) is 17.0. The van der Waals surface area contributed by atoms with Gasteiger partial charge >= 0.3 is 0 Å². The van der Waals surface area contributed by atoms with Crippen LogP contribution in [0.3, 0.4) is 0 Å². The number of carbonyl (C=O) groups excluding carboxylic acids is 1. The van der Waals surface area contributed by atoms with Crippen LogP contribution in [0.2, 0.25) is 0 Å². The number of unbranched alkanes of at least 4 members (excludes halogenated alkanes) is 3. The van der Waals surface area contributed by atoms with Gasteiger partial charge in [-0.25, -0.2) is 5.43 Å². The van der Waals surface area contributed by atoms with Crippen LogP contribution in [0, 0.1) is 13.8 Å². The maximum atomic E-state index is 11.9. The summed E-state index contributed by atoms with van der Waals surface area (Å²) in [5.74, 6) is 1.26. The fourth-order valence-electron chi connectivity index (χ4n) is 2.59. The number of amides is 1. The number of hydrazone groups is 1. The van der Waals surface area contributed by atoms with Crippen molar-refractivity contribution in [3.63, 3.8) is 0 Å². The van der Waals surface area contributed by atoms with Crippen LogP contribution in [0.4, 0.5) is 0 Å². The van der Waals surface area contributed by atoms with Crippen molar-refractivity contribution in [1.29, 1.82) is 0 Å². The molecule has 2 rings (SSSR count). The van der Waals surface area contributed by atoms with Gasteiger partial charge in [-0.05, 0) is 67.3 Å². The predicted molar refractivity (Wildman–Crippen MR) is 113 cm³/mol. The summed E-state index contributed by atoms with van der Waals surface area (Å²) in [7, 11) is 0. The Balaban J connectivity index is 1.71. The molecule has 5 nitrogen and oxygen atoms in total. The molecule has 1 N–H and O–H groups in total. The number of benzene rings is 2. The van der Waals surface area contributed by atoms with E-state index in [9.17, 15) is 4.79 Å². The lowest BCUT2D eigenvalue weighted by molar-refractivity contribution is -0.123. The van der Waals surface area contributed by atoms with Crippen molar-refractivity contribution in [3.8, 4) is 11.5 Å². The Hall–Kier alpha value is -2.82. The zero-order valence-corrected chi connectivity index (χ0v) is 17.0. The molecular weight excluding hydrogens is 352 g/mol. The summed E-state index contributed by atoms with van der Waals surface area (Å²) in [6, 6.07) is 13.5. The maximum Gasteiger partial charge on any atom is 0.277 e. The summed E-state index contributed by atoms with van der Waals surface area (Å²) in [5, 5.41) is 3.97. The lowest BCUT2D eigenvalue weighted by Gasteiger charge is -2.08. The predicted octanol–water partition coefficient (Wildman–Crippen LogP) is 4.79. The van der Waals surface area contributed by atoms with Gasteiger partial charge in [0.05, 0.1) is 12.8 Å². The van der Waals surface area contributed by atoms with Gasteiger partial charge in [-0.1, -0.05) is 38.3 Å². The number of aryl methyl sites for hydroxylation is 2. The molecule has 0 fully saturated rings. The SMILES string of the molecule is CCCCCCOc1ccc(/C=N\NC(=O)COc2cc(C)ccc2C)cc1. The molecule has 0 bridgehead atoms. The Bertz CT molecular complexity index is 770. The van der Waals surface area contributed by atoms with Crippen LogP contribution < -0.4 is 14.9 Å². The fourth-order valence-corrected chi connectivity index (χ4v) is 2.59. The smallest absolute Gasteiger partial charge is 0.277 e. The Morgan fingerprint density at radius 3 is 2.57 bits per heavy atom. The highest BCUT2D eigenvalue weighted by Gasteiger charge is 2.04. The summed E-state index contributed by atoms with van der Waals surface area (Å²) >= 11 is 0. The van der Waals surface area contributed by atoms with Crippen molar-refractivity contribution in [2.45, 2.75) is 46.5 Å². The molecule has 0 saturated heterocycles. The molecular formula is C23H30N2O3. The molecule has 0 aromatic heterocycles. The lowest BCUT2D eigenvalue weighted by atomic mass is 10.1. The van der Waals surface area contributed by atoms with Crippen molar-refractivity contribution >= 4 is 12.1 Å². The standard InChI is InChI=1S/C23H30N2O3/c1-4-5-6-7-14-27-21-12-10-20(11-13-21)16-24-25-23(26)17-28-22-15-18(2)8-9-19(22)3/h8-13,15-16H,4-7,14,17H2,1-3H3,(H,25,26)/b24-16-. The minimum absolute atomic E-state index is 0.0769. The van der Waals surface area contributed by atoms with Gasteiger partial charge in [0.25, 0.3) is 5.91 Å². The van der Waals surface area contributed by atoms with Crippen LogP contribution in [-0.4, -0.2) is 25.3 Å². The molecule has 28 heavy (non-hydrogen) atoms.